The Labute approximate surface area is 242 Å². The topological polar surface area (TPSA) is 57.2 Å². The third-order valence-electron chi connectivity index (χ3n) is 8.60. The van der Waals surface area contributed by atoms with E-state index >= 15 is 0 Å². The van der Waals surface area contributed by atoms with E-state index in [9.17, 15) is 5.11 Å². The number of aliphatic hydroxyl groups excluding tert-OH is 1. The Morgan fingerprint density at radius 2 is 1.38 bits per heavy atom. The molecule has 0 saturated heterocycles. The third kappa shape index (κ3) is 10.9. The molecule has 0 aliphatic heterocycles. The second-order valence-corrected chi connectivity index (χ2v) is 23.4. The van der Waals surface area contributed by atoms with Crippen LogP contribution in [0.15, 0.2) is 49.1 Å². The van der Waals surface area contributed by atoms with Gasteiger partial charge in [-0.15, -0.1) is 6.58 Å². The molecule has 0 aromatic heterocycles. The molecular formula is C32H58O5Si2. The normalized spacial score (nSPS) is 17.5. The molecule has 0 aliphatic carbocycles. The molecule has 0 bridgehead atoms. The third-order valence-corrected chi connectivity index (χ3v) is 17.7. The van der Waals surface area contributed by atoms with Crippen LogP contribution < -0.4 is 4.74 Å². The maximum Gasteiger partial charge on any atom is 0.192 e. The van der Waals surface area contributed by atoms with Gasteiger partial charge in [-0.2, -0.15) is 0 Å². The van der Waals surface area contributed by atoms with E-state index in [4.69, 9.17) is 18.3 Å². The highest BCUT2D eigenvalue weighted by molar-refractivity contribution is 6.74. The highest BCUT2D eigenvalue weighted by atomic mass is 28.4. The van der Waals surface area contributed by atoms with Crippen molar-refractivity contribution in [3.63, 3.8) is 0 Å². The van der Waals surface area contributed by atoms with Gasteiger partial charge in [0.15, 0.2) is 16.6 Å². The quantitative estimate of drug-likeness (QED) is 0.167. The van der Waals surface area contributed by atoms with E-state index < -0.39 is 34.9 Å². The molecule has 0 unspecified atom stereocenters. The molecule has 5 nitrogen and oxygen atoms in total. The van der Waals surface area contributed by atoms with Crippen molar-refractivity contribution in [3.05, 3.63) is 54.6 Å². The molecule has 0 aliphatic rings. The summed E-state index contributed by atoms with van der Waals surface area (Å²) in [5.41, 5.74) is 1.01. The van der Waals surface area contributed by atoms with Crippen molar-refractivity contribution in [1.29, 1.82) is 0 Å². The van der Waals surface area contributed by atoms with Gasteiger partial charge in [0.2, 0.25) is 0 Å². The van der Waals surface area contributed by atoms with Crippen molar-refractivity contribution in [2.24, 2.45) is 5.92 Å². The molecule has 1 rings (SSSR count). The summed E-state index contributed by atoms with van der Waals surface area (Å²) in [7, 11) is -2.38. The van der Waals surface area contributed by atoms with Crippen LogP contribution in [0.25, 0.3) is 0 Å². The maximum absolute atomic E-state index is 11.7. The van der Waals surface area contributed by atoms with E-state index in [1.54, 1.807) is 7.11 Å². The number of benzene rings is 1. The summed E-state index contributed by atoms with van der Waals surface area (Å²) in [6.07, 6.45) is 4.72. The summed E-state index contributed by atoms with van der Waals surface area (Å²) in [5, 5.41) is 11.8. The molecule has 0 heterocycles. The smallest absolute Gasteiger partial charge is 0.192 e. The van der Waals surface area contributed by atoms with Crippen LogP contribution >= 0.6 is 0 Å². The van der Waals surface area contributed by atoms with Crippen molar-refractivity contribution >= 4 is 16.6 Å². The Kier molecular flexibility index (Phi) is 13.4. The Bertz CT molecular complexity index is 897. The predicted octanol–water partition coefficient (Wildman–Crippen LogP) is 8.51. The lowest BCUT2D eigenvalue weighted by Gasteiger charge is -2.41. The molecule has 1 aromatic carbocycles. The molecule has 0 fully saturated rings. The monoisotopic (exact) mass is 578 g/mol. The molecule has 5 atom stereocenters. The lowest BCUT2D eigenvalue weighted by Crippen LogP contribution is -2.49. The van der Waals surface area contributed by atoms with Crippen LogP contribution in [0.2, 0.25) is 36.3 Å². The van der Waals surface area contributed by atoms with Crippen molar-refractivity contribution in [3.8, 4) is 5.75 Å². The van der Waals surface area contributed by atoms with Crippen LogP contribution in [0.5, 0.6) is 5.75 Å². The van der Waals surface area contributed by atoms with E-state index in [1.165, 1.54) is 0 Å². The Hall–Kier alpha value is -1.23. The van der Waals surface area contributed by atoms with Gasteiger partial charge in [-0.1, -0.05) is 78.8 Å². The van der Waals surface area contributed by atoms with Gasteiger partial charge in [0, 0.05) is 6.10 Å². The highest BCUT2D eigenvalue weighted by Crippen LogP contribution is 2.39. The van der Waals surface area contributed by atoms with Crippen molar-refractivity contribution in [2.45, 2.75) is 129 Å². The molecule has 39 heavy (non-hydrogen) atoms. The minimum atomic E-state index is -2.14. The van der Waals surface area contributed by atoms with E-state index in [0.29, 0.717) is 13.0 Å². The minimum Gasteiger partial charge on any atom is -0.497 e. The number of hydrogen-bond donors (Lipinski definition) is 1. The highest BCUT2D eigenvalue weighted by Gasteiger charge is 2.42. The maximum atomic E-state index is 11.7. The van der Waals surface area contributed by atoms with Crippen molar-refractivity contribution < 1.29 is 23.4 Å². The summed E-state index contributed by atoms with van der Waals surface area (Å²) in [4.78, 5) is 0. The molecule has 0 saturated carbocycles. The summed E-state index contributed by atoms with van der Waals surface area (Å²) < 4.78 is 25.0. The second-order valence-electron chi connectivity index (χ2n) is 13.9. The Balaban J connectivity index is 3.22. The van der Waals surface area contributed by atoms with Gasteiger partial charge in [-0.3, -0.25) is 0 Å². The lowest BCUT2D eigenvalue weighted by atomic mass is 10.0. The van der Waals surface area contributed by atoms with Crippen LogP contribution in [-0.2, 0) is 20.2 Å². The fourth-order valence-corrected chi connectivity index (χ4v) is 6.40. The average Bonchev–Trinajstić information content (AvgIpc) is 2.81. The number of ether oxygens (including phenoxy) is 2. The summed E-state index contributed by atoms with van der Waals surface area (Å²) in [5.74, 6) is 0.950. The average molecular weight is 579 g/mol. The van der Waals surface area contributed by atoms with Crippen LogP contribution in [0.1, 0.15) is 67.4 Å². The van der Waals surface area contributed by atoms with E-state index in [2.05, 4.69) is 94.2 Å². The number of aliphatic hydroxyl groups is 1. The van der Waals surface area contributed by atoms with E-state index in [0.717, 1.165) is 11.3 Å². The van der Waals surface area contributed by atoms with Crippen LogP contribution in [-0.4, -0.2) is 53.3 Å². The first-order valence-electron chi connectivity index (χ1n) is 14.3. The largest absolute Gasteiger partial charge is 0.497 e. The lowest BCUT2D eigenvalue weighted by molar-refractivity contribution is -0.0699. The molecule has 0 spiro atoms. The zero-order valence-corrected chi connectivity index (χ0v) is 29.1. The van der Waals surface area contributed by atoms with Gasteiger partial charge < -0.3 is 23.4 Å². The number of hydrogen-bond acceptors (Lipinski definition) is 5. The zero-order chi connectivity index (χ0) is 30.2. The van der Waals surface area contributed by atoms with Gasteiger partial charge in [0.05, 0.1) is 19.8 Å². The number of rotatable bonds is 15. The summed E-state index contributed by atoms with van der Waals surface area (Å²) in [6.45, 7) is 31.0. The van der Waals surface area contributed by atoms with Gasteiger partial charge in [-0.25, -0.2) is 0 Å². The zero-order valence-electron chi connectivity index (χ0n) is 27.1. The van der Waals surface area contributed by atoms with Crippen LogP contribution in [0.3, 0.4) is 0 Å². The fourth-order valence-electron chi connectivity index (χ4n) is 3.56. The predicted molar refractivity (Wildman–Crippen MR) is 171 cm³/mol. The minimum absolute atomic E-state index is 0.0203. The molecule has 7 heteroatoms. The van der Waals surface area contributed by atoms with Gasteiger partial charge in [0.1, 0.15) is 18.0 Å². The first-order valence-corrected chi connectivity index (χ1v) is 20.1. The van der Waals surface area contributed by atoms with Crippen LogP contribution in [0, 0.1) is 5.92 Å². The van der Waals surface area contributed by atoms with Gasteiger partial charge in [-0.05, 0) is 73.2 Å². The van der Waals surface area contributed by atoms with Crippen molar-refractivity contribution in [2.75, 3.05) is 7.11 Å². The molecule has 0 amide bonds. The molecular weight excluding hydrogens is 521 g/mol. The summed E-state index contributed by atoms with van der Waals surface area (Å²) in [6, 6.07) is 7.81. The number of methoxy groups -OCH3 is 1. The van der Waals surface area contributed by atoms with E-state index in [-0.39, 0.29) is 22.1 Å². The van der Waals surface area contributed by atoms with Gasteiger partial charge >= 0.3 is 0 Å². The van der Waals surface area contributed by atoms with E-state index in [1.807, 2.05) is 36.4 Å². The van der Waals surface area contributed by atoms with Crippen LogP contribution in [0.4, 0.5) is 0 Å². The molecule has 0 radical (unpaired) electrons. The molecule has 1 aromatic rings. The first kappa shape index (κ1) is 35.8. The SMILES string of the molecule is C=CC[C@H](O[Si](C)(C)C(C)(C)C)[C@@H](O)[C@@H](/C=C\[C@@H](C)[C@H](C)O[Si](C)(C)C(C)(C)C)OCc1ccc(OC)cc1. The van der Waals surface area contributed by atoms with Gasteiger partial charge in [0.25, 0.3) is 0 Å². The first-order chi connectivity index (χ1) is 17.8. The Morgan fingerprint density at radius 3 is 1.85 bits per heavy atom. The summed E-state index contributed by atoms with van der Waals surface area (Å²) >= 11 is 0. The fraction of sp³-hybridized carbons (Fsp3) is 0.688. The molecule has 1 N–H and O–H groups in total. The second kappa shape index (κ2) is 14.6. The van der Waals surface area contributed by atoms with Crippen molar-refractivity contribution in [1.82, 2.24) is 0 Å². The standard InChI is InChI=1S/C32H58O5Si2/c1-15-16-29(37-39(13,14)32(7,8)9)30(33)28(35-23-26-18-20-27(34-10)21-19-26)22-17-24(2)25(3)36-38(11,12)31(4,5)6/h15,17-22,24-25,28-30,33H,1,16,23H2,2-14H3/b22-17-/t24-,25+,28-,29+,30+/m1/s1. The molecule has 224 valence electrons. The Morgan fingerprint density at radius 1 is 0.872 bits per heavy atom.